The van der Waals surface area contributed by atoms with Gasteiger partial charge in [0.05, 0.1) is 38.3 Å². The maximum Gasteiger partial charge on any atom is 0.255 e. The normalized spacial score (nSPS) is 14.4. The van der Waals surface area contributed by atoms with E-state index >= 15 is 0 Å². The van der Waals surface area contributed by atoms with Crippen LogP contribution in [0.25, 0.3) is 11.4 Å². The number of benzene rings is 2. The standard InChI is InChI=1S/C28H28N6O4/c1-5-38-21-11-8-18(9-12-21)26-32-28-30-17(2)24(27(35)31-20-7-6-14-29-16-20)25(34(28)33-26)19-10-13-22(36-3)23(15-19)37-4/h6-16,25H,5H2,1-4H3,(H,31,35)(H,30,32,33). The van der Waals surface area contributed by atoms with Crippen LogP contribution in [0.5, 0.6) is 17.2 Å². The van der Waals surface area contributed by atoms with Crippen LogP contribution in [0, 0.1) is 0 Å². The number of carbonyl (C=O) groups is 1. The Bertz CT molecular complexity index is 1480. The lowest BCUT2D eigenvalue weighted by molar-refractivity contribution is -0.113. The molecular weight excluding hydrogens is 484 g/mol. The highest BCUT2D eigenvalue weighted by Gasteiger charge is 2.35. The second kappa shape index (κ2) is 10.6. The SMILES string of the molecule is CCOc1ccc(-c2nc3n(n2)C(c2ccc(OC)c(OC)c2)C(C(=O)Nc2cccnc2)=C(C)N3)cc1. The Morgan fingerprint density at radius 1 is 1.08 bits per heavy atom. The van der Waals surface area contributed by atoms with Crippen LogP contribution in [0.3, 0.4) is 0 Å². The molecule has 10 nitrogen and oxygen atoms in total. The second-order valence-electron chi connectivity index (χ2n) is 8.54. The predicted molar refractivity (Wildman–Crippen MR) is 144 cm³/mol. The summed E-state index contributed by atoms with van der Waals surface area (Å²) < 4.78 is 18.3. The summed E-state index contributed by atoms with van der Waals surface area (Å²) in [6, 6.07) is 16.1. The van der Waals surface area contributed by atoms with Gasteiger partial charge in [-0.1, -0.05) is 6.07 Å². The third-order valence-corrected chi connectivity index (χ3v) is 6.16. The van der Waals surface area contributed by atoms with Crippen molar-refractivity contribution in [3.8, 4) is 28.6 Å². The first-order chi connectivity index (χ1) is 18.5. The van der Waals surface area contributed by atoms with Crippen LogP contribution in [0.15, 0.2) is 78.3 Å². The maximum absolute atomic E-state index is 13.7. The van der Waals surface area contributed by atoms with Gasteiger partial charge in [-0.25, -0.2) is 4.68 Å². The molecule has 194 valence electrons. The molecule has 1 amide bonds. The van der Waals surface area contributed by atoms with E-state index in [2.05, 4.69) is 15.6 Å². The summed E-state index contributed by atoms with van der Waals surface area (Å²) in [5.74, 6) is 2.65. The Labute approximate surface area is 220 Å². The fourth-order valence-electron chi connectivity index (χ4n) is 4.40. The van der Waals surface area contributed by atoms with Gasteiger partial charge in [-0.2, -0.15) is 4.98 Å². The van der Waals surface area contributed by atoms with Gasteiger partial charge in [-0.15, -0.1) is 5.10 Å². The van der Waals surface area contributed by atoms with Crippen LogP contribution in [-0.4, -0.2) is 46.5 Å². The zero-order valence-corrected chi connectivity index (χ0v) is 21.6. The lowest BCUT2D eigenvalue weighted by Gasteiger charge is -2.29. The molecule has 0 saturated carbocycles. The van der Waals surface area contributed by atoms with Crippen molar-refractivity contribution in [3.05, 3.63) is 83.8 Å². The number of nitrogens with one attached hydrogen (secondary N) is 2. The average molecular weight is 513 g/mol. The zero-order valence-electron chi connectivity index (χ0n) is 21.6. The average Bonchev–Trinajstić information content (AvgIpc) is 3.36. The van der Waals surface area contributed by atoms with Crippen molar-refractivity contribution in [3.63, 3.8) is 0 Å². The number of ether oxygens (including phenoxy) is 3. The number of allylic oxidation sites excluding steroid dienone is 1. The summed E-state index contributed by atoms with van der Waals surface area (Å²) in [5.41, 5.74) is 3.33. The molecule has 0 saturated heterocycles. The van der Waals surface area contributed by atoms with Gasteiger partial charge in [0.15, 0.2) is 17.3 Å². The van der Waals surface area contributed by atoms with Crippen LogP contribution < -0.4 is 24.8 Å². The summed E-state index contributed by atoms with van der Waals surface area (Å²) in [5, 5.41) is 11.0. The van der Waals surface area contributed by atoms with E-state index in [9.17, 15) is 4.79 Å². The molecule has 2 aromatic carbocycles. The molecule has 0 spiro atoms. The number of hydrogen-bond acceptors (Lipinski definition) is 8. The summed E-state index contributed by atoms with van der Waals surface area (Å²) in [6.45, 7) is 4.37. The van der Waals surface area contributed by atoms with Crippen LogP contribution >= 0.6 is 0 Å². The van der Waals surface area contributed by atoms with E-state index in [0.717, 1.165) is 16.9 Å². The highest BCUT2D eigenvalue weighted by atomic mass is 16.5. The number of carbonyl (C=O) groups excluding carboxylic acids is 1. The van der Waals surface area contributed by atoms with Gasteiger partial charge in [0, 0.05) is 17.5 Å². The number of anilines is 2. The third kappa shape index (κ3) is 4.75. The van der Waals surface area contributed by atoms with E-state index in [-0.39, 0.29) is 5.91 Å². The summed E-state index contributed by atoms with van der Waals surface area (Å²) in [6.07, 6.45) is 3.25. The summed E-state index contributed by atoms with van der Waals surface area (Å²) in [4.78, 5) is 22.5. The minimum atomic E-state index is -0.591. The first-order valence-electron chi connectivity index (χ1n) is 12.1. The van der Waals surface area contributed by atoms with Crippen molar-refractivity contribution in [1.82, 2.24) is 19.7 Å². The van der Waals surface area contributed by atoms with E-state index in [1.165, 1.54) is 0 Å². The van der Waals surface area contributed by atoms with Crippen LogP contribution in [0.4, 0.5) is 11.6 Å². The van der Waals surface area contributed by atoms with Gasteiger partial charge in [-0.3, -0.25) is 9.78 Å². The quantitative estimate of drug-likeness (QED) is 0.350. The first kappa shape index (κ1) is 24.8. The molecule has 2 aromatic heterocycles. The predicted octanol–water partition coefficient (Wildman–Crippen LogP) is 4.68. The molecule has 2 N–H and O–H groups in total. The van der Waals surface area contributed by atoms with Crippen LogP contribution in [0.2, 0.25) is 0 Å². The Kier molecular flexibility index (Phi) is 6.94. The van der Waals surface area contributed by atoms with Crippen molar-refractivity contribution in [1.29, 1.82) is 0 Å². The van der Waals surface area contributed by atoms with Crippen molar-refractivity contribution < 1.29 is 19.0 Å². The molecule has 38 heavy (non-hydrogen) atoms. The number of hydrogen-bond donors (Lipinski definition) is 2. The minimum Gasteiger partial charge on any atom is -0.494 e. The van der Waals surface area contributed by atoms with E-state index in [4.69, 9.17) is 24.3 Å². The van der Waals surface area contributed by atoms with Crippen molar-refractivity contribution in [2.75, 3.05) is 31.5 Å². The molecule has 10 heteroatoms. The monoisotopic (exact) mass is 512 g/mol. The largest absolute Gasteiger partial charge is 0.494 e. The van der Waals surface area contributed by atoms with E-state index < -0.39 is 6.04 Å². The number of fused-ring (bicyclic) bond motifs is 1. The fraction of sp³-hybridized carbons (Fsp3) is 0.214. The molecule has 0 aliphatic carbocycles. The molecule has 0 bridgehead atoms. The number of nitrogens with zero attached hydrogens (tertiary/aromatic N) is 4. The highest BCUT2D eigenvalue weighted by molar-refractivity contribution is 6.06. The van der Waals surface area contributed by atoms with Gasteiger partial charge in [0.25, 0.3) is 5.91 Å². The third-order valence-electron chi connectivity index (χ3n) is 6.16. The number of rotatable bonds is 8. The first-order valence-corrected chi connectivity index (χ1v) is 12.1. The number of aromatic nitrogens is 4. The fourth-order valence-corrected chi connectivity index (χ4v) is 4.40. The number of pyridine rings is 1. The molecule has 1 atom stereocenters. The van der Waals surface area contributed by atoms with Gasteiger partial charge < -0.3 is 24.8 Å². The molecule has 5 rings (SSSR count). The van der Waals surface area contributed by atoms with Crippen molar-refractivity contribution >= 4 is 17.5 Å². The van der Waals surface area contributed by atoms with Gasteiger partial charge in [-0.05, 0) is 67.9 Å². The highest BCUT2D eigenvalue weighted by Crippen LogP contribution is 2.40. The number of methoxy groups -OCH3 is 2. The molecule has 0 radical (unpaired) electrons. The second-order valence-corrected chi connectivity index (χ2v) is 8.54. The van der Waals surface area contributed by atoms with E-state index in [1.807, 2.05) is 56.3 Å². The molecule has 4 aromatic rings. The van der Waals surface area contributed by atoms with Crippen molar-refractivity contribution in [2.24, 2.45) is 0 Å². The van der Waals surface area contributed by atoms with Gasteiger partial charge in [0.1, 0.15) is 11.8 Å². The zero-order chi connectivity index (χ0) is 26.6. The molecule has 3 heterocycles. The van der Waals surface area contributed by atoms with Crippen LogP contribution in [0.1, 0.15) is 25.5 Å². The number of amides is 1. The Morgan fingerprint density at radius 2 is 1.87 bits per heavy atom. The summed E-state index contributed by atoms with van der Waals surface area (Å²) >= 11 is 0. The molecule has 1 unspecified atom stereocenters. The van der Waals surface area contributed by atoms with Crippen LogP contribution in [-0.2, 0) is 4.79 Å². The van der Waals surface area contributed by atoms with E-state index in [1.54, 1.807) is 43.4 Å². The molecular formula is C28H28N6O4. The molecule has 1 aliphatic heterocycles. The molecule has 1 aliphatic rings. The topological polar surface area (TPSA) is 112 Å². The smallest absolute Gasteiger partial charge is 0.255 e. The van der Waals surface area contributed by atoms with Gasteiger partial charge in [0.2, 0.25) is 5.95 Å². The minimum absolute atomic E-state index is 0.286. The molecule has 0 fully saturated rings. The summed E-state index contributed by atoms with van der Waals surface area (Å²) in [7, 11) is 3.16. The Hall–Kier alpha value is -4.86. The van der Waals surface area contributed by atoms with E-state index in [0.29, 0.717) is 46.8 Å². The Balaban J connectivity index is 1.60. The maximum atomic E-state index is 13.7. The van der Waals surface area contributed by atoms with Crippen molar-refractivity contribution in [2.45, 2.75) is 19.9 Å². The Morgan fingerprint density at radius 3 is 2.55 bits per heavy atom. The van der Waals surface area contributed by atoms with Gasteiger partial charge >= 0.3 is 0 Å². The lowest BCUT2D eigenvalue weighted by Crippen LogP contribution is -2.31. The lowest BCUT2D eigenvalue weighted by atomic mass is 9.94.